The van der Waals surface area contributed by atoms with Crippen molar-refractivity contribution in [1.29, 1.82) is 0 Å². The summed E-state index contributed by atoms with van der Waals surface area (Å²) >= 11 is 3.69. The second kappa shape index (κ2) is 5.57. The first-order valence-electron chi connectivity index (χ1n) is 7.31. The van der Waals surface area contributed by atoms with E-state index in [9.17, 15) is 0 Å². The Morgan fingerprint density at radius 3 is 2.79 bits per heavy atom. The molecule has 108 valence electrons. The first-order valence-corrected chi connectivity index (χ1v) is 8.10. The fourth-order valence-corrected chi connectivity index (χ4v) is 3.74. The minimum atomic E-state index is 0.334. The van der Waals surface area contributed by atoms with Gasteiger partial charge in [-0.2, -0.15) is 5.10 Å². The third kappa shape index (κ3) is 3.22. The van der Waals surface area contributed by atoms with Crippen LogP contribution in [0, 0.1) is 18.3 Å². The van der Waals surface area contributed by atoms with Gasteiger partial charge >= 0.3 is 0 Å². The summed E-state index contributed by atoms with van der Waals surface area (Å²) in [7, 11) is 0. The molecule has 0 bridgehead atoms. The van der Waals surface area contributed by atoms with Crippen LogP contribution >= 0.6 is 15.9 Å². The van der Waals surface area contributed by atoms with Crippen molar-refractivity contribution in [3.05, 3.63) is 15.9 Å². The highest BCUT2D eigenvalue weighted by atomic mass is 79.9. The van der Waals surface area contributed by atoms with Crippen molar-refractivity contribution in [3.63, 3.8) is 0 Å². The van der Waals surface area contributed by atoms with Gasteiger partial charge in [-0.3, -0.25) is 4.68 Å². The van der Waals surface area contributed by atoms with E-state index < -0.39 is 0 Å². The van der Waals surface area contributed by atoms with Crippen LogP contribution in [0.15, 0.2) is 4.47 Å². The van der Waals surface area contributed by atoms with Crippen molar-refractivity contribution in [2.75, 3.05) is 0 Å². The predicted molar refractivity (Wildman–Crippen MR) is 83.1 cm³/mol. The van der Waals surface area contributed by atoms with E-state index in [4.69, 9.17) is 5.73 Å². The van der Waals surface area contributed by atoms with Crippen LogP contribution in [0.25, 0.3) is 0 Å². The van der Waals surface area contributed by atoms with Crippen LogP contribution in [-0.4, -0.2) is 15.8 Å². The normalized spacial score (nSPS) is 26.6. The van der Waals surface area contributed by atoms with Gasteiger partial charge in [0.2, 0.25) is 0 Å². The van der Waals surface area contributed by atoms with Crippen LogP contribution < -0.4 is 5.73 Å². The molecule has 1 heterocycles. The summed E-state index contributed by atoms with van der Waals surface area (Å²) in [4.78, 5) is 0. The Morgan fingerprint density at radius 1 is 1.47 bits per heavy atom. The smallest absolute Gasteiger partial charge is 0.0738 e. The molecule has 1 aliphatic rings. The minimum absolute atomic E-state index is 0.334. The van der Waals surface area contributed by atoms with E-state index in [1.807, 2.05) is 0 Å². The van der Waals surface area contributed by atoms with Crippen LogP contribution in [0.5, 0.6) is 0 Å². The van der Waals surface area contributed by atoms with E-state index in [-0.39, 0.29) is 0 Å². The number of nitrogens with two attached hydrogens (primary N) is 1. The van der Waals surface area contributed by atoms with Crippen LogP contribution in [0.2, 0.25) is 0 Å². The Bertz CT molecular complexity index is 450. The number of rotatable bonds is 3. The molecule has 0 saturated heterocycles. The van der Waals surface area contributed by atoms with E-state index in [0.717, 1.165) is 25.1 Å². The molecule has 2 N–H and O–H groups in total. The zero-order valence-corrected chi connectivity index (χ0v) is 14.1. The molecular weight excluding hydrogens is 302 g/mol. The van der Waals surface area contributed by atoms with Gasteiger partial charge in [-0.15, -0.1) is 0 Å². The average molecular weight is 328 g/mol. The minimum Gasteiger partial charge on any atom is -0.327 e. The zero-order chi connectivity index (χ0) is 14.2. The lowest BCUT2D eigenvalue weighted by Gasteiger charge is -2.39. The molecule has 0 aromatic carbocycles. The quantitative estimate of drug-likeness (QED) is 0.920. The monoisotopic (exact) mass is 327 g/mol. The molecule has 4 heteroatoms. The molecule has 2 unspecified atom stereocenters. The Labute approximate surface area is 125 Å². The molecule has 1 saturated carbocycles. The van der Waals surface area contributed by atoms with Crippen LogP contribution in [0.1, 0.15) is 51.4 Å². The van der Waals surface area contributed by atoms with Gasteiger partial charge < -0.3 is 5.73 Å². The third-order valence-corrected chi connectivity index (χ3v) is 5.51. The van der Waals surface area contributed by atoms with E-state index in [0.29, 0.717) is 17.4 Å². The molecule has 1 aliphatic carbocycles. The maximum absolute atomic E-state index is 6.35. The van der Waals surface area contributed by atoms with E-state index in [1.54, 1.807) is 0 Å². The van der Waals surface area contributed by atoms with Crippen molar-refractivity contribution >= 4 is 15.9 Å². The predicted octanol–water partition coefficient (Wildman–Crippen LogP) is 3.67. The van der Waals surface area contributed by atoms with Crippen molar-refractivity contribution in [2.45, 2.75) is 66.0 Å². The highest BCUT2D eigenvalue weighted by molar-refractivity contribution is 9.10. The van der Waals surface area contributed by atoms with Gasteiger partial charge in [0.05, 0.1) is 15.9 Å². The fourth-order valence-electron chi connectivity index (χ4n) is 3.29. The molecular formula is C15H26BrN3. The summed E-state index contributed by atoms with van der Waals surface area (Å²) in [6, 6.07) is 0.334. The molecule has 2 rings (SSSR count). The Hall–Kier alpha value is -0.350. The zero-order valence-electron chi connectivity index (χ0n) is 12.5. The van der Waals surface area contributed by atoms with Gasteiger partial charge in [0.25, 0.3) is 0 Å². The lowest BCUT2D eigenvalue weighted by Crippen LogP contribution is -2.40. The summed E-state index contributed by atoms with van der Waals surface area (Å²) < 4.78 is 3.29. The molecule has 0 aliphatic heterocycles. The van der Waals surface area contributed by atoms with Crippen LogP contribution in [0.4, 0.5) is 0 Å². The van der Waals surface area contributed by atoms with Crippen molar-refractivity contribution in [3.8, 4) is 0 Å². The van der Waals surface area contributed by atoms with Gasteiger partial charge in [-0.1, -0.05) is 13.8 Å². The molecule has 1 fully saturated rings. The third-order valence-electron chi connectivity index (χ3n) is 4.48. The molecule has 1 aromatic heterocycles. The van der Waals surface area contributed by atoms with Gasteiger partial charge in [0.1, 0.15) is 0 Å². The van der Waals surface area contributed by atoms with E-state index >= 15 is 0 Å². The summed E-state index contributed by atoms with van der Waals surface area (Å²) in [6.07, 6.45) is 4.65. The maximum atomic E-state index is 6.35. The average Bonchev–Trinajstić information content (AvgIpc) is 2.61. The summed E-state index contributed by atoms with van der Waals surface area (Å²) in [5, 5.41) is 4.58. The largest absolute Gasteiger partial charge is 0.327 e. The highest BCUT2D eigenvalue weighted by Crippen LogP contribution is 2.40. The van der Waals surface area contributed by atoms with Gasteiger partial charge in [0.15, 0.2) is 0 Å². The second-order valence-corrected chi connectivity index (χ2v) is 7.49. The number of hydrogen-bond acceptors (Lipinski definition) is 2. The lowest BCUT2D eigenvalue weighted by atomic mass is 9.69. The molecule has 19 heavy (non-hydrogen) atoms. The van der Waals surface area contributed by atoms with Crippen molar-refractivity contribution in [1.82, 2.24) is 9.78 Å². The molecule has 3 nitrogen and oxygen atoms in total. The molecule has 0 amide bonds. The number of aromatic nitrogens is 2. The molecule has 2 atom stereocenters. The van der Waals surface area contributed by atoms with Crippen molar-refractivity contribution < 1.29 is 0 Å². The van der Waals surface area contributed by atoms with Gasteiger partial charge in [-0.25, -0.2) is 0 Å². The SMILES string of the molecule is CCn1nc(C)c(Br)c1CC1CC(C)(C)CCC1N. The number of halogens is 1. The topological polar surface area (TPSA) is 43.8 Å². The van der Waals surface area contributed by atoms with E-state index in [2.05, 4.69) is 53.4 Å². The van der Waals surface area contributed by atoms with Crippen molar-refractivity contribution in [2.24, 2.45) is 17.1 Å². The maximum Gasteiger partial charge on any atom is 0.0738 e. The standard InChI is InChI=1S/C15H26BrN3/c1-5-19-13(14(16)10(2)18-19)8-11-9-15(3,4)7-6-12(11)17/h11-12H,5-9,17H2,1-4H3. The first-order chi connectivity index (χ1) is 8.84. The molecule has 1 aromatic rings. The lowest BCUT2D eigenvalue weighted by molar-refractivity contribution is 0.155. The second-order valence-electron chi connectivity index (χ2n) is 6.70. The van der Waals surface area contributed by atoms with Gasteiger partial charge in [-0.05, 0) is 66.8 Å². The summed E-state index contributed by atoms with van der Waals surface area (Å²) in [5.74, 6) is 0.571. The number of aryl methyl sites for hydroxylation is 2. The van der Waals surface area contributed by atoms with Gasteiger partial charge in [0, 0.05) is 12.6 Å². The highest BCUT2D eigenvalue weighted by Gasteiger charge is 2.34. The fraction of sp³-hybridized carbons (Fsp3) is 0.800. The summed E-state index contributed by atoms with van der Waals surface area (Å²) in [5.41, 5.74) is 9.18. The molecule has 0 radical (unpaired) electrons. The van der Waals surface area contributed by atoms with Crippen LogP contribution in [-0.2, 0) is 13.0 Å². The van der Waals surface area contributed by atoms with Crippen LogP contribution in [0.3, 0.4) is 0 Å². The first kappa shape index (κ1) is 15.0. The van der Waals surface area contributed by atoms with E-state index in [1.165, 1.54) is 23.0 Å². The Morgan fingerprint density at radius 2 is 2.16 bits per heavy atom. The summed E-state index contributed by atoms with van der Waals surface area (Å²) in [6.45, 7) is 9.86. The molecule has 0 spiro atoms. The Balaban J connectivity index is 2.20. The number of nitrogens with zero attached hydrogens (tertiary/aromatic N) is 2. The Kier molecular flexibility index (Phi) is 4.41. The number of hydrogen-bond donors (Lipinski definition) is 1.